The van der Waals surface area contributed by atoms with Crippen molar-refractivity contribution in [2.24, 2.45) is 5.14 Å². The summed E-state index contributed by atoms with van der Waals surface area (Å²) < 4.78 is 24.0. The van der Waals surface area contributed by atoms with Crippen LogP contribution in [0.15, 0.2) is 83.8 Å². The van der Waals surface area contributed by atoms with E-state index in [4.69, 9.17) is 5.14 Å². The van der Waals surface area contributed by atoms with Crippen LogP contribution in [0.25, 0.3) is 0 Å². The Morgan fingerprint density at radius 1 is 0.923 bits per heavy atom. The van der Waals surface area contributed by atoms with Gasteiger partial charge in [-0.15, -0.1) is 0 Å². The van der Waals surface area contributed by atoms with Gasteiger partial charge < -0.3 is 10.2 Å². The molecule has 0 aromatic heterocycles. The van der Waals surface area contributed by atoms with E-state index in [1.54, 1.807) is 12.1 Å². The summed E-state index contributed by atoms with van der Waals surface area (Å²) in [6.45, 7) is 0.643. The Kier molecular flexibility index (Phi) is 5.25. The minimum Gasteiger partial charge on any atom is -0.381 e. The van der Waals surface area contributed by atoms with Crippen molar-refractivity contribution in [1.29, 1.82) is 0 Å². The smallest absolute Gasteiger partial charge is 0.240 e. The maximum Gasteiger partial charge on any atom is 0.240 e. The summed E-state index contributed by atoms with van der Waals surface area (Å²) >= 11 is 0. The first-order chi connectivity index (χ1) is 12.4. The molecule has 3 aromatic rings. The van der Waals surface area contributed by atoms with Crippen molar-refractivity contribution in [3.63, 3.8) is 0 Å². The average Bonchev–Trinajstić information content (AvgIpc) is 2.66. The largest absolute Gasteiger partial charge is 0.381 e. The minimum absolute atomic E-state index is 0.0918. The molecule has 0 aliphatic heterocycles. The highest BCUT2D eigenvalue weighted by Gasteiger charge is 2.18. The van der Waals surface area contributed by atoms with Crippen molar-refractivity contribution in [3.8, 4) is 0 Å². The molecule has 134 valence electrons. The highest BCUT2D eigenvalue weighted by molar-refractivity contribution is 7.89. The van der Waals surface area contributed by atoms with Crippen LogP contribution >= 0.6 is 0 Å². The van der Waals surface area contributed by atoms with Crippen LogP contribution in [0.1, 0.15) is 5.56 Å². The molecule has 26 heavy (non-hydrogen) atoms. The first-order valence-corrected chi connectivity index (χ1v) is 9.73. The second kappa shape index (κ2) is 7.59. The second-order valence-corrected chi connectivity index (χ2v) is 7.49. The molecule has 0 bridgehead atoms. The van der Waals surface area contributed by atoms with Gasteiger partial charge in [0.05, 0.1) is 5.69 Å². The molecular formula is C20H21N3O2S. The van der Waals surface area contributed by atoms with E-state index in [-0.39, 0.29) is 4.90 Å². The zero-order chi connectivity index (χ0) is 18.6. The van der Waals surface area contributed by atoms with Gasteiger partial charge in [-0.1, -0.05) is 48.5 Å². The number of nitrogens with zero attached hydrogens (tertiary/aromatic N) is 1. The Morgan fingerprint density at radius 3 is 2.15 bits per heavy atom. The van der Waals surface area contributed by atoms with Crippen molar-refractivity contribution in [3.05, 3.63) is 84.4 Å². The zero-order valence-corrected chi connectivity index (χ0v) is 15.3. The lowest BCUT2D eigenvalue weighted by molar-refractivity contribution is 0.598. The number of hydrogen-bond donors (Lipinski definition) is 2. The first kappa shape index (κ1) is 18.0. The van der Waals surface area contributed by atoms with E-state index in [0.717, 1.165) is 16.9 Å². The van der Waals surface area contributed by atoms with Crippen LogP contribution in [0, 0.1) is 0 Å². The molecule has 0 aliphatic rings. The van der Waals surface area contributed by atoms with Crippen molar-refractivity contribution in [2.45, 2.75) is 11.4 Å². The van der Waals surface area contributed by atoms with Gasteiger partial charge in [-0.3, -0.25) is 0 Å². The third kappa shape index (κ3) is 4.22. The standard InChI is InChI=1S/C20H21N3O2S/c1-23(18-10-6-3-7-11-18)19-14-17(12-13-20(19)26(21,24)25)22-15-16-8-4-2-5-9-16/h2-14,22H,15H2,1H3,(H2,21,24,25). The minimum atomic E-state index is -3.84. The average molecular weight is 367 g/mol. The van der Waals surface area contributed by atoms with Crippen LogP contribution in [0.3, 0.4) is 0 Å². The number of rotatable bonds is 6. The summed E-state index contributed by atoms with van der Waals surface area (Å²) in [7, 11) is -2.02. The van der Waals surface area contributed by atoms with Gasteiger partial charge in [0.15, 0.2) is 0 Å². The normalized spacial score (nSPS) is 11.2. The van der Waals surface area contributed by atoms with Crippen molar-refractivity contribution in [1.82, 2.24) is 0 Å². The molecule has 0 fully saturated rings. The number of anilines is 3. The fourth-order valence-electron chi connectivity index (χ4n) is 2.72. The molecule has 3 rings (SSSR count). The number of benzene rings is 3. The molecule has 0 unspecified atom stereocenters. The maximum absolute atomic E-state index is 12.0. The summed E-state index contributed by atoms with van der Waals surface area (Å²) in [4.78, 5) is 1.90. The molecule has 0 amide bonds. The van der Waals surface area contributed by atoms with E-state index in [9.17, 15) is 8.42 Å². The number of sulfonamides is 1. The maximum atomic E-state index is 12.0. The van der Waals surface area contributed by atoms with Crippen LogP contribution in [-0.4, -0.2) is 15.5 Å². The van der Waals surface area contributed by atoms with E-state index < -0.39 is 10.0 Å². The molecule has 3 aromatic carbocycles. The molecule has 0 aliphatic carbocycles. The van der Waals surface area contributed by atoms with E-state index in [1.807, 2.05) is 72.6 Å². The van der Waals surface area contributed by atoms with Crippen molar-refractivity contribution < 1.29 is 8.42 Å². The fraction of sp³-hybridized carbons (Fsp3) is 0.100. The lowest BCUT2D eigenvalue weighted by Gasteiger charge is -2.23. The predicted octanol–water partition coefficient (Wildman–Crippen LogP) is 3.71. The fourth-order valence-corrected chi connectivity index (χ4v) is 3.47. The Labute approximate surface area is 154 Å². The second-order valence-electron chi connectivity index (χ2n) is 5.96. The van der Waals surface area contributed by atoms with E-state index in [0.29, 0.717) is 12.2 Å². The lowest BCUT2D eigenvalue weighted by atomic mass is 10.2. The summed E-state index contributed by atoms with van der Waals surface area (Å²) in [6.07, 6.45) is 0. The van der Waals surface area contributed by atoms with Gasteiger partial charge in [0.2, 0.25) is 10.0 Å². The van der Waals surface area contributed by atoms with Gasteiger partial charge in [0.1, 0.15) is 4.90 Å². The number of para-hydroxylation sites is 1. The Hall–Kier alpha value is -2.83. The number of nitrogens with two attached hydrogens (primary N) is 1. The highest BCUT2D eigenvalue weighted by atomic mass is 32.2. The number of primary sulfonamides is 1. The molecule has 3 N–H and O–H groups in total. The molecule has 0 saturated carbocycles. The molecule has 0 saturated heterocycles. The van der Waals surface area contributed by atoms with Crippen LogP contribution in [0.5, 0.6) is 0 Å². The Balaban J connectivity index is 1.94. The molecular weight excluding hydrogens is 346 g/mol. The lowest BCUT2D eigenvalue weighted by Crippen LogP contribution is -2.19. The van der Waals surface area contributed by atoms with Crippen molar-refractivity contribution >= 4 is 27.1 Å². The third-order valence-electron chi connectivity index (χ3n) is 4.11. The number of nitrogens with one attached hydrogen (secondary N) is 1. The Bertz CT molecular complexity index is 974. The number of hydrogen-bond acceptors (Lipinski definition) is 4. The quantitative estimate of drug-likeness (QED) is 0.696. The first-order valence-electron chi connectivity index (χ1n) is 8.18. The van der Waals surface area contributed by atoms with Crippen molar-refractivity contribution in [2.75, 3.05) is 17.3 Å². The summed E-state index contributed by atoms with van der Waals surface area (Å²) in [5.74, 6) is 0. The van der Waals surface area contributed by atoms with E-state index in [1.165, 1.54) is 6.07 Å². The van der Waals surface area contributed by atoms with Gasteiger partial charge in [-0.25, -0.2) is 13.6 Å². The van der Waals surface area contributed by atoms with Crippen LogP contribution in [0.2, 0.25) is 0 Å². The predicted molar refractivity (Wildman–Crippen MR) is 106 cm³/mol. The summed E-state index contributed by atoms with van der Waals surface area (Å²) in [5, 5.41) is 8.74. The third-order valence-corrected chi connectivity index (χ3v) is 5.07. The highest BCUT2D eigenvalue weighted by Crippen LogP contribution is 2.32. The summed E-state index contributed by atoms with van der Waals surface area (Å²) in [6, 6.07) is 24.6. The molecule has 0 spiro atoms. The van der Waals surface area contributed by atoms with Gasteiger partial charge in [-0.2, -0.15) is 0 Å². The topological polar surface area (TPSA) is 75.4 Å². The zero-order valence-electron chi connectivity index (χ0n) is 14.5. The van der Waals surface area contributed by atoms with Gasteiger partial charge in [0, 0.05) is 25.0 Å². The van der Waals surface area contributed by atoms with E-state index in [2.05, 4.69) is 5.32 Å². The Morgan fingerprint density at radius 2 is 1.54 bits per heavy atom. The molecule has 0 atom stereocenters. The molecule has 6 heteroatoms. The van der Waals surface area contributed by atoms with Gasteiger partial charge in [-0.05, 0) is 35.9 Å². The van der Waals surface area contributed by atoms with Gasteiger partial charge >= 0.3 is 0 Å². The molecule has 0 radical (unpaired) electrons. The molecule has 0 heterocycles. The van der Waals surface area contributed by atoms with E-state index >= 15 is 0 Å². The van der Waals surface area contributed by atoms with Gasteiger partial charge in [0.25, 0.3) is 0 Å². The van der Waals surface area contributed by atoms with Crippen LogP contribution < -0.4 is 15.4 Å². The summed E-state index contributed by atoms with van der Waals surface area (Å²) in [5.41, 5.74) is 3.36. The monoisotopic (exact) mass is 367 g/mol. The molecule has 5 nitrogen and oxygen atoms in total. The van der Waals surface area contributed by atoms with Crippen LogP contribution in [-0.2, 0) is 16.6 Å². The SMILES string of the molecule is CN(c1ccccc1)c1cc(NCc2ccccc2)ccc1S(N)(=O)=O. The van der Waals surface area contributed by atoms with Crippen LogP contribution in [0.4, 0.5) is 17.1 Å².